The standard InChI is InChI=1S/C13H29N5/c1-11(2)8-15-13(14-3)16-9-12-10-17(4)6-7-18(12)5/h11-12H,6-10H2,1-5H3,(H2,14,15,16). The molecule has 1 unspecified atom stereocenters. The second-order valence-electron chi connectivity index (χ2n) is 5.62. The van der Waals surface area contributed by atoms with E-state index in [4.69, 9.17) is 0 Å². The van der Waals surface area contributed by atoms with E-state index in [0.717, 1.165) is 38.7 Å². The molecule has 5 heteroatoms. The van der Waals surface area contributed by atoms with Gasteiger partial charge in [0.1, 0.15) is 0 Å². The Bertz CT molecular complexity index is 264. The summed E-state index contributed by atoms with van der Waals surface area (Å²) in [4.78, 5) is 9.06. The predicted molar refractivity (Wildman–Crippen MR) is 78.1 cm³/mol. The van der Waals surface area contributed by atoms with Crippen molar-refractivity contribution in [3.05, 3.63) is 0 Å². The maximum atomic E-state index is 4.25. The number of rotatable bonds is 4. The Kier molecular flexibility index (Phi) is 6.43. The number of nitrogens with one attached hydrogen (secondary N) is 2. The first-order valence-electron chi connectivity index (χ1n) is 6.86. The number of piperazine rings is 1. The zero-order valence-corrected chi connectivity index (χ0v) is 12.5. The third-order valence-corrected chi connectivity index (χ3v) is 3.39. The van der Waals surface area contributed by atoms with Gasteiger partial charge in [-0.3, -0.25) is 9.89 Å². The maximum absolute atomic E-state index is 4.25. The summed E-state index contributed by atoms with van der Waals surface area (Å²) in [5, 5.41) is 6.76. The van der Waals surface area contributed by atoms with Gasteiger partial charge in [0.15, 0.2) is 5.96 Å². The van der Waals surface area contributed by atoms with Gasteiger partial charge in [-0.15, -0.1) is 0 Å². The first kappa shape index (κ1) is 15.2. The van der Waals surface area contributed by atoms with Gasteiger partial charge >= 0.3 is 0 Å². The summed E-state index contributed by atoms with van der Waals surface area (Å²) in [7, 11) is 6.21. The van der Waals surface area contributed by atoms with Crippen molar-refractivity contribution >= 4 is 5.96 Å². The van der Waals surface area contributed by atoms with Crippen LogP contribution in [0, 0.1) is 5.92 Å². The number of likely N-dealkylation sites (N-methyl/N-ethyl adjacent to an activating group) is 2. The van der Waals surface area contributed by atoms with Crippen molar-refractivity contribution in [3.8, 4) is 0 Å². The minimum atomic E-state index is 0.557. The number of aliphatic imine (C=N–C) groups is 1. The summed E-state index contributed by atoms with van der Waals surface area (Å²) in [5.41, 5.74) is 0. The quantitative estimate of drug-likeness (QED) is 0.550. The van der Waals surface area contributed by atoms with Gasteiger partial charge in [0.2, 0.25) is 0 Å². The third kappa shape index (κ3) is 5.23. The van der Waals surface area contributed by atoms with E-state index in [1.54, 1.807) is 0 Å². The molecule has 1 aliphatic heterocycles. The number of hydrogen-bond acceptors (Lipinski definition) is 3. The zero-order valence-electron chi connectivity index (χ0n) is 12.5. The lowest BCUT2D eigenvalue weighted by Gasteiger charge is -2.37. The van der Waals surface area contributed by atoms with Crippen LogP contribution in [0.3, 0.4) is 0 Å². The molecule has 0 aromatic rings. The fraction of sp³-hybridized carbons (Fsp3) is 0.923. The van der Waals surface area contributed by atoms with Crippen LogP contribution in [0.15, 0.2) is 4.99 Å². The molecule has 0 amide bonds. The van der Waals surface area contributed by atoms with Crippen LogP contribution in [0.4, 0.5) is 0 Å². The lowest BCUT2D eigenvalue weighted by atomic mass is 10.2. The van der Waals surface area contributed by atoms with E-state index >= 15 is 0 Å². The first-order valence-corrected chi connectivity index (χ1v) is 6.86. The van der Waals surface area contributed by atoms with E-state index in [9.17, 15) is 0 Å². The molecule has 0 aromatic heterocycles. The lowest BCUT2D eigenvalue weighted by molar-refractivity contribution is 0.116. The van der Waals surface area contributed by atoms with Crippen LogP contribution < -0.4 is 10.6 Å². The Morgan fingerprint density at radius 1 is 1.28 bits per heavy atom. The van der Waals surface area contributed by atoms with Crippen molar-refractivity contribution in [1.82, 2.24) is 20.4 Å². The van der Waals surface area contributed by atoms with Crippen LogP contribution in [0.25, 0.3) is 0 Å². The van der Waals surface area contributed by atoms with Crippen molar-refractivity contribution in [1.29, 1.82) is 0 Å². The van der Waals surface area contributed by atoms with Gasteiger partial charge in [0, 0.05) is 45.8 Å². The van der Waals surface area contributed by atoms with E-state index in [2.05, 4.69) is 53.4 Å². The summed E-state index contributed by atoms with van der Waals surface area (Å²) >= 11 is 0. The van der Waals surface area contributed by atoms with Crippen LogP contribution in [-0.4, -0.2) is 75.7 Å². The average molecular weight is 255 g/mol. The Hall–Kier alpha value is -0.810. The Balaban J connectivity index is 2.33. The molecule has 1 aliphatic rings. The maximum Gasteiger partial charge on any atom is 0.191 e. The SMILES string of the molecule is CN=C(NCC(C)C)NCC1CN(C)CCN1C. The van der Waals surface area contributed by atoms with Gasteiger partial charge in [-0.05, 0) is 20.0 Å². The number of guanidine groups is 1. The van der Waals surface area contributed by atoms with Crippen LogP contribution >= 0.6 is 0 Å². The topological polar surface area (TPSA) is 42.9 Å². The van der Waals surface area contributed by atoms with Gasteiger partial charge < -0.3 is 15.5 Å². The molecule has 1 saturated heterocycles. The van der Waals surface area contributed by atoms with Crippen molar-refractivity contribution in [2.75, 3.05) is 53.9 Å². The van der Waals surface area contributed by atoms with Gasteiger partial charge in [-0.2, -0.15) is 0 Å². The zero-order chi connectivity index (χ0) is 13.5. The minimum absolute atomic E-state index is 0.557. The van der Waals surface area contributed by atoms with Gasteiger partial charge in [-0.1, -0.05) is 13.8 Å². The van der Waals surface area contributed by atoms with Gasteiger partial charge in [-0.25, -0.2) is 0 Å². The van der Waals surface area contributed by atoms with Gasteiger partial charge in [0.25, 0.3) is 0 Å². The van der Waals surface area contributed by atoms with Crippen LogP contribution in [-0.2, 0) is 0 Å². The molecule has 0 saturated carbocycles. The highest BCUT2D eigenvalue weighted by Gasteiger charge is 2.21. The highest BCUT2D eigenvalue weighted by Crippen LogP contribution is 2.04. The molecule has 1 fully saturated rings. The molecule has 1 atom stereocenters. The molecule has 2 N–H and O–H groups in total. The fourth-order valence-electron chi connectivity index (χ4n) is 2.06. The molecule has 0 spiro atoms. The monoisotopic (exact) mass is 255 g/mol. The molecule has 0 bridgehead atoms. The Morgan fingerprint density at radius 3 is 2.61 bits per heavy atom. The summed E-state index contributed by atoms with van der Waals surface area (Å²) in [5.74, 6) is 1.54. The molecule has 0 aliphatic carbocycles. The highest BCUT2D eigenvalue weighted by atomic mass is 15.3. The molecule has 0 radical (unpaired) electrons. The van der Waals surface area contributed by atoms with Crippen LogP contribution in [0.1, 0.15) is 13.8 Å². The van der Waals surface area contributed by atoms with Crippen molar-refractivity contribution in [2.24, 2.45) is 10.9 Å². The van der Waals surface area contributed by atoms with Crippen molar-refractivity contribution in [2.45, 2.75) is 19.9 Å². The summed E-state index contributed by atoms with van der Waals surface area (Å²) in [6.07, 6.45) is 0. The molecule has 5 nitrogen and oxygen atoms in total. The third-order valence-electron chi connectivity index (χ3n) is 3.39. The minimum Gasteiger partial charge on any atom is -0.356 e. The normalized spacial score (nSPS) is 23.4. The molecule has 0 aromatic carbocycles. The molecular weight excluding hydrogens is 226 g/mol. The smallest absolute Gasteiger partial charge is 0.191 e. The highest BCUT2D eigenvalue weighted by molar-refractivity contribution is 5.79. The van der Waals surface area contributed by atoms with Crippen LogP contribution in [0.5, 0.6) is 0 Å². The summed E-state index contributed by atoms with van der Waals surface area (Å²) < 4.78 is 0. The van der Waals surface area contributed by atoms with Crippen molar-refractivity contribution < 1.29 is 0 Å². The second-order valence-corrected chi connectivity index (χ2v) is 5.62. The van der Waals surface area contributed by atoms with Crippen molar-refractivity contribution in [3.63, 3.8) is 0 Å². The fourth-order valence-corrected chi connectivity index (χ4v) is 2.06. The van der Waals surface area contributed by atoms with Crippen LogP contribution in [0.2, 0.25) is 0 Å². The summed E-state index contributed by atoms with van der Waals surface area (Å²) in [6.45, 7) is 9.71. The summed E-state index contributed by atoms with van der Waals surface area (Å²) in [6, 6.07) is 0.557. The second kappa shape index (κ2) is 7.59. The number of nitrogens with zero attached hydrogens (tertiary/aromatic N) is 3. The number of hydrogen-bond donors (Lipinski definition) is 2. The lowest BCUT2D eigenvalue weighted by Crippen LogP contribution is -2.55. The molecule has 106 valence electrons. The molecule has 1 heterocycles. The van der Waals surface area contributed by atoms with E-state index in [-0.39, 0.29) is 0 Å². The van der Waals surface area contributed by atoms with E-state index in [1.807, 2.05) is 7.05 Å². The van der Waals surface area contributed by atoms with E-state index < -0.39 is 0 Å². The molecule has 1 rings (SSSR count). The molecular formula is C13H29N5. The largest absolute Gasteiger partial charge is 0.356 e. The van der Waals surface area contributed by atoms with E-state index in [0.29, 0.717) is 12.0 Å². The molecule has 18 heavy (non-hydrogen) atoms. The van der Waals surface area contributed by atoms with Gasteiger partial charge in [0.05, 0.1) is 0 Å². The Labute approximate surface area is 112 Å². The predicted octanol–water partition coefficient (Wildman–Crippen LogP) is 0.0532. The first-order chi connectivity index (χ1) is 8.52. The average Bonchev–Trinajstić information content (AvgIpc) is 2.33. The van der Waals surface area contributed by atoms with E-state index in [1.165, 1.54) is 0 Å². The Morgan fingerprint density at radius 2 is 2.00 bits per heavy atom.